The first-order chi connectivity index (χ1) is 7.20. The van der Waals surface area contributed by atoms with Gasteiger partial charge in [-0.3, -0.25) is 10.2 Å². The third-order valence-corrected chi connectivity index (χ3v) is 3.85. The Balaban J connectivity index is 2.43. The van der Waals surface area contributed by atoms with Crippen LogP contribution >= 0.6 is 15.9 Å². The van der Waals surface area contributed by atoms with E-state index in [9.17, 15) is 4.79 Å². The van der Waals surface area contributed by atoms with Crippen LogP contribution in [0.1, 0.15) is 24.8 Å². The molecule has 4 heteroatoms. The van der Waals surface area contributed by atoms with Crippen LogP contribution in [0.15, 0.2) is 28.7 Å². The number of carbonyl (C=O) groups is 1. The second-order valence-electron chi connectivity index (χ2n) is 3.89. The molecule has 0 unspecified atom stereocenters. The number of hydrogen-bond donors (Lipinski definition) is 2. The van der Waals surface area contributed by atoms with Crippen LogP contribution in [0, 0.1) is 0 Å². The zero-order valence-corrected chi connectivity index (χ0v) is 9.88. The highest BCUT2D eigenvalue weighted by atomic mass is 79.9. The molecule has 0 spiro atoms. The lowest BCUT2D eigenvalue weighted by atomic mass is 9.64. The molecule has 0 saturated heterocycles. The van der Waals surface area contributed by atoms with Crippen molar-refractivity contribution in [1.82, 2.24) is 5.43 Å². The van der Waals surface area contributed by atoms with Gasteiger partial charge in [0.2, 0.25) is 5.91 Å². The summed E-state index contributed by atoms with van der Waals surface area (Å²) in [5, 5.41) is 0. The molecule has 1 amide bonds. The van der Waals surface area contributed by atoms with Crippen molar-refractivity contribution >= 4 is 21.8 Å². The molecule has 1 aromatic rings. The standard InChI is InChI=1S/C11H13BrN2O/c12-9-5-2-1-4-8(9)11(6-3-7-11)10(15)14-13/h1-2,4-5H,3,6-7,13H2,(H,14,15). The highest BCUT2D eigenvalue weighted by Crippen LogP contribution is 2.46. The molecule has 0 radical (unpaired) electrons. The zero-order valence-electron chi connectivity index (χ0n) is 8.29. The first-order valence-corrected chi connectivity index (χ1v) is 5.76. The monoisotopic (exact) mass is 268 g/mol. The number of amides is 1. The van der Waals surface area contributed by atoms with Gasteiger partial charge in [0.15, 0.2) is 0 Å². The van der Waals surface area contributed by atoms with E-state index in [-0.39, 0.29) is 5.91 Å². The Morgan fingerprint density at radius 3 is 2.53 bits per heavy atom. The van der Waals surface area contributed by atoms with Crippen LogP contribution in [-0.4, -0.2) is 5.91 Å². The maximum absolute atomic E-state index is 11.8. The van der Waals surface area contributed by atoms with Crippen molar-refractivity contribution in [1.29, 1.82) is 0 Å². The van der Waals surface area contributed by atoms with Crippen LogP contribution < -0.4 is 11.3 Å². The van der Waals surface area contributed by atoms with E-state index in [2.05, 4.69) is 21.4 Å². The number of halogens is 1. The summed E-state index contributed by atoms with van der Waals surface area (Å²) in [7, 11) is 0. The molecule has 1 aliphatic rings. The van der Waals surface area contributed by atoms with Crippen molar-refractivity contribution in [2.24, 2.45) is 5.84 Å². The Hall–Kier alpha value is -0.870. The van der Waals surface area contributed by atoms with Crippen LogP contribution in [0.25, 0.3) is 0 Å². The fourth-order valence-corrected chi connectivity index (χ4v) is 2.80. The van der Waals surface area contributed by atoms with Gasteiger partial charge in [-0.05, 0) is 24.5 Å². The van der Waals surface area contributed by atoms with Crippen molar-refractivity contribution in [2.45, 2.75) is 24.7 Å². The number of nitrogens with one attached hydrogen (secondary N) is 1. The summed E-state index contributed by atoms with van der Waals surface area (Å²) in [4.78, 5) is 11.8. The number of hydrazine groups is 1. The number of nitrogens with two attached hydrogens (primary N) is 1. The van der Waals surface area contributed by atoms with E-state index in [4.69, 9.17) is 5.84 Å². The lowest BCUT2D eigenvalue weighted by Gasteiger charge is -2.40. The van der Waals surface area contributed by atoms with E-state index in [0.717, 1.165) is 29.3 Å². The summed E-state index contributed by atoms with van der Waals surface area (Å²) in [6, 6.07) is 7.84. The van der Waals surface area contributed by atoms with E-state index in [1.54, 1.807) is 0 Å². The van der Waals surface area contributed by atoms with Gasteiger partial charge in [0.25, 0.3) is 0 Å². The molecular formula is C11H13BrN2O. The average molecular weight is 269 g/mol. The molecule has 80 valence electrons. The Labute approximate surface area is 97.1 Å². The van der Waals surface area contributed by atoms with Crippen LogP contribution in [0.4, 0.5) is 0 Å². The molecular weight excluding hydrogens is 256 g/mol. The quantitative estimate of drug-likeness (QED) is 0.489. The highest BCUT2D eigenvalue weighted by Gasteiger charge is 2.46. The van der Waals surface area contributed by atoms with Gasteiger partial charge in [-0.2, -0.15) is 0 Å². The molecule has 1 saturated carbocycles. The van der Waals surface area contributed by atoms with Crippen molar-refractivity contribution in [3.05, 3.63) is 34.3 Å². The smallest absolute Gasteiger partial charge is 0.244 e. The Morgan fingerprint density at radius 2 is 2.07 bits per heavy atom. The molecule has 1 fully saturated rings. The molecule has 1 aromatic carbocycles. The number of carbonyl (C=O) groups excluding carboxylic acids is 1. The highest BCUT2D eigenvalue weighted by molar-refractivity contribution is 9.10. The van der Waals surface area contributed by atoms with Crippen LogP contribution in [0.2, 0.25) is 0 Å². The first kappa shape index (κ1) is 10.6. The van der Waals surface area contributed by atoms with E-state index < -0.39 is 5.41 Å². The number of benzene rings is 1. The minimum absolute atomic E-state index is 0.0827. The summed E-state index contributed by atoms with van der Waals surface area (Å²) in [5.41, 5.74) is 2.91. The third kappa shape index (κ3) is 1.58. The lowest BCUT2D eigenvalue weighted by Crippen LogP contribution is -2.51. The molecule has 0 bridgehead atoms. The summed E-state index contributed by atoms with van der Waals surface area (Å²) < 4.78 is 0.980. The summed E-state index contributed by atoms with van der Waals surface area (Å²) in [6.45, 7) is 0. The van der Waals surface area contributed by atoms with Gasteiger partial charge < -0.3 is 0 Å². The van der Waals surface area contributed by atoms with Crippen molar-refractivity contribution in [2.75, 3.05) is 0 Å². The molecule has 0 aliphatic heterocycles. The summed E-state index contributed by atoms with van der Waals surface area (Å²) in [6.07, 6.45) is 2.83. The van der Waals surface area contributed by atoms with Gasteiger partial charge in [0.05, 0.1) is 5.41 Å². The SMILES string of the molecule is NNC(=O)C1(c2ccccc2Br)CCC1. The van der Waals surface area contributed by atoms with Gasteiger partial charge in [-0.1, -0.05) is 40.5 Å². The van der Waals surface area contributed by atoms with Crippen LogP contribution in [-0.2, 0) is 10.2 Å². The van der Waals surface area contributed by atoms with Gasteiger partial charge in [0.1, 0.15) is 0 Å². The minimum atomic E-state index is -0.408. The van der Waals surface area contributed by atoms with E-state index >= 15 is 0 Å². The zero-order chi connectivity index (χ0) is 10.9. The summed E-state index contributed by atoms with van der Waals surface area (Å²) in [5.74, 6) is 5.16. The fourth-order valence-electron chi connectivity index (χ4n) is 2.14. The largest absolute Gasteiger partial charge is 0.293 e. The first-order valence-electron chi connectivity index (χ1n) is 4.97. The van der Waals surface area contributed by atoms with Gasteiger partial charge in [-0.25, -0.2) is 5.84 Å². The Morgan fingerprint density at radius 1 is 1.40 bits per heavy atom. The lowest BCUT2D eigenvalue weighted by molar-refractivity contribution is -0.130. The predicted octanol–water partition coefficient (Wildman–Crippen LogP) is 1.86. The van der Waals surface area contributed by atoms with Gasteiger partial charge in [0, 0.05) is 4.47 Å². The fraction of sp³-hybridized carbons (Fsp3) is 0.364. The molecule has 3 N–H and O–H groups in total. The number of hydrogen-bond acceptors (Lipinski definition) is 2. The molecule has 2 rings (SSSR count). The molecule has 0 aromatic heterocycles. The van der Waals surface area contributed by atoms with Gasteiger partial charge in [-0.15, -0.1) is 0 Å². The summed E-state index contributed by atoms with van der Waals surface area (Å²) >= 11 is 3.48. The minimum Gasteiger partial charge on any atom is -0.293 e. The number of rotatable bonds is 2. The molecule has 3 nitrogen and oxygen atoms in total. The van der Waals surface area contributed by atoms with Crippen molar-refractivity contribution < 1.29 is 4.79 Å². The third-order valence-electron chi connectivity index (χ3n) is 3.16. The van der Waals surface area contributed by atoms with E-state index in [0.29, 0.717) is 0 Å². The van der Waals surface area contributed by atoms with Crippen molar-refractivity contribution in [3.63, 3.8) is 0 Å². The van der Waals surface area contributed by atoms with Crippen LogP contribution in [0.3, 0.4) is 0 Å². The van der Waals surface area contributed by atoms with Gasteiger partial charge >= 0.3 is 0 Å². The second-order valence-corrected chi connectivity index (χ2v) is 4.74. The van der Waals surface area contributed by atoms with Crippen molar-refractivity contribution in [3.8, 4) is 0 Å². The second kappa shape index (κ2) is 3.94. The molecule has 0 atom stereocenters. The van der Waals surface area contributed by atoms with Crippen LogP contribution in [0.5, 0.6) is 0 Å². The maximum atomic E-state index is 11.8. The predicted molar refractivity (Wildman–Crippen MR) is 62.0 cm³/mol. The topological polar surface area (TPSA) is 55.1 Å². The maximum Gasteiger partial charge on any atom is 0.244 e. The van der Waals surface area contributed by atoms with E-state index in [1.807, 2.05) is 24.3 Å². The van der Waals surface area contributed by atoms with E-state index in [1.165, 1.54) is 0 Å². The Kier molecular flexibility index (Phi) is 2.80. The normalized spacial score (nSPS) is 18.0. The molecule has 1 aliphatic carbocycles. The Bertz CT molecular complexity index is 388. The molecule has 0 heterocycles. The average Bonchev–Trinajstić information content (AvgIpc) is 2.19. The molecule has 15 heavy (non-hydrogen) atoms.